The van der Waals surface area contributed by atoms with Crippen LogP contribution in [0.4, 0.5) is 0 Å². The normalized spacial score (nSPS) is 31.6. The molecule has 38 heavy (non-hydrogen) atoms. The first-order chi connectivity index (χ1) is 17.5. The average Bonchev–Trinajstić information content (AvgIpc) is 2.79. The predicted molar refractivity (Wildman–Crippen MR) is 134 cm³/mol. The Kier molecular flexibility index (Phi) is 6.60. The molecule has 0 saturated heterocycles. The maximum atomic E-state index is 13.8. The van der Waals surface area contributed by atoms with E-state index in [4.69, 9.17) is 10.6 Å². The molecular weight excluding hydrogens is 494 g/mol. The topological polar surface area (TPSA) is 177 Å². The molecule has 1 aromatic carbocycles. The number of carbonyl (C=O) groups excluding carboxylic acids is 5. The fraction of sp³-hybridized carbons (Fsp3) is 0.556. The van der Waals surface area contributed by atoms with E-state index in [2.05, 4.69) is 5.16 Å². The number of fused-ring (bicyclic) bond motifs is 3. The Morgan fingerprint density at radius 2 is 1.79 bits per heavy atom. The molecule has 0 heterocycles. The van der Waals surface area contributed by atoms with Gasteiger partial charge in [0.2, 0.25) is 5.91 Å². The summed E-state index contributed by atoms with van der Waals surface area (Å²) in [6.45, 7) is 7.19. The summed E-state index contributed by atoms with van der Waals surface area (Å²) in [6, 6.07) is 1.79. The third kappa shape index (κ3) is 4.04. The van der Waals surface area contributed by atoms with Crippen LogP contribution in [-0.2, 0) is 30.4 Å². The van der Waals surface area contributed by atoms with E-state index < -0.39 is 70.0 Å². The van der Waals surface area contributed by atoms with Crippen molar-refractivity contribution < 1.29 is 39.0 Å². The van der Waals surface area contributed by atoms with Crippen molar-refractivity contribution in [2.75, 3.05) is 14.1 Å². The van der Waals surface area contributed by atoms with E-state index >= 15 is 0 Å². The zero-order chi connectivity index (χ0) is 28.5. The van der Waals surface area contributed by atoms with Crippen molar-refractivity contribution in [3.8, 4) is 5.75 Å². The van der Waals surface area contributed by atoms with Gasteiger partial charge < -0.3 is 20.8 Å². The summed E-state index contributed by atoms with van der Waals surface area (Å²) in [5.41, 5.74) is 3.41. The standard InChI is InChI=1S/C27H33N3O8/c1-11(29-38-26(2,3)4)13-7-8-16(31)18-14(13)9-12-10-15-20(30(5)6)22(33)19(25(28)36)24(35)27(15,37)23(34)17(12)21(18)32/h7-8,12,15,17,19-20,31,37H,9-10H2,1-6H3,(H2,28,36). The number of primary amides is 1. The molecule has 2 fully saturated rings. The van der Waals surface area contributed by atoms with Gasteiger partial charge in [0.1, 0.15) is 11.4 Å². The van der Waals surface area contributed by atoms with Crippen molar-refractivity contribution in [2.45, 2.75) is 57.8 Å². The number of likely N-dealkylation sites (N-methyl/N-ethyl adjacent to an activating group) is 1. The Bertz CT molecular complexity index is 1290. The Morgan fingerprint density at radius 1 is 1.16 bits per heavy atom. The molecule has 3 aliphatic rings. The van der Waals surface area contributed by atoms with Crippen LogP contribution in [0.15, 0.2) is 17.3 Å². The highest BCUT2D eigenvalue weighted by Gasteiger charge is 2.69. The van der Waals surface area contributed by atoms with Crippen LogP contribution in [0.25, 0.3) is 0 Å². The Hall–Kier alpha value is -3.44. The molecule has 0 spiro atoms. The van der Waals surface area contributed by atoms with Crippen molar-refractivity contribution in [3.63, 3.8) is 0 Å². The van der Waals surface area contributed by atoms with Gasteiger partial charge in [0.15, 0.2) is 34.7 Å². The highest BCUT2D eigenvalue weighted by atomic mass is 16.6. The first-order valence-corrected chi connectivity index (χ1v) is 12.4. The minimum atomic E-state index is -2.75. The minimum absolute atomic E-state index is 0.0202. The second-order valence-electron chi connectivity index (χ2n) is 11.7. The van der Waals surface area contributed by atoms with Crippen LogP contribution < -0.4 is 5.73 Å². The molecular formula is C27H33N3O8. The fourth-order valence-corrected chi connectivity index (χ4v) is 6.20. The van der Waals surface area contributed by atoms with Crippen LogP contribution in [0.3, 0.4) is 0 Å². The number of benzene rings is 1. The van der Waals surface area contributed by atoms with Crippen LogP contribution >= 0.6 is 0 Å². The average molecular weight is 528 g/mol. The van der Waals surface area contributed by atoms with Crippen molar-refractivity contribution in [1.82, 2.24) is 4.90 Å². The number of Topliss-reactive ketones (excluding diaryl/α,β-unsaturated/α-hetero) is 4. The number of phenolic OH excluding ortho intramolecular Hbond substituents is 1. The van der Waals surface area contributed by atoms with Gasteiger partial charge in [-0.25, -0.2) is 0 Å². The number of oxime groups is 1. The molecule has 4 rings (SSSR count). The quantitative estimate of drug-likeness (QED) is 0.284. The number of nitrogens with zero attached hydrogens (tertiary/aromatic N) is 2. The molecule has 3 aliphatic carbocycles. The maximum Gasteiger partial charge on any atom is 0.235 e. The summed E-state index contributed by atoms with van der Waals surface area (Å²) < 4.78 is 0. The van der Waals surface area contributed by atoms with E-state index in [0.717, 1.165) is 0 Å². The van der Waals surface area contributed by atoms with E-state index in [0.29, 0.717) is 16.8 Å². The molecule has 0 aromatic heterocycles. The van der Waals surface area contributed by atoms with E-state index in [1.807, 2.05) is 20.8 Å². The van der Waals surface area contributed by atoms with Gasteiger partial charge in [0, 0.05) is 11.5 Å². The first-order valence-electron chi connectivity index (χ1n) is 12.4. The van der Waals surface area contributed by atoms with Gasteiger partial charge in [-0.15, -0.1) is 0 Å². The lowest BCUT2D eigenvalue weighted by Crippen LogP contribution is -2.74. The third-order valence-corrected chi connectivity index (χ3v) is 7.79. The highest BCUT2D eigenvalue weighted by Crippen LogP contribution is 2.51. The smallest absolute Gasteiger partial charge is 0.235 e. The maximum absolute atomic E-state index is 13.8. The second-order valence-corrected chi connectivity index (χ2v) is 11.7. The Morgan fingerprint density at radius 3 is 2.34 bits per heavy atom. The van der Waals surface area contributed by atoms with Crippen LogP contribution in [-0.4, -0.2) is 81.2 Å². The summed E-state index contributed by atoms with van der Waals surface area (Å²) in [6.07, 6.45) is 0.131. The lowest BCUT2D eigenvalue weighted by molar-refractivity contribution is -0.181. The van der Waals surface area contributed by atoms with E-state index in [9.17, 15) is 34.2 Å². The molecule has 0 radical (unpaired) electrons. The molecule has 4 N–H and O–H groups in total. The lowest BCUT2D eigenvalue weighted by atomic mass is 9.52. The number of phenols is 1. The van der Waals surface area contributed by atoms with Gasteiger partial charge in [-0.2, -0.15) is 0 Å². The van der Waals surface area contributed by atoms with Crippen molar-refractivity contribution >= 4 is 34.8 Å². The predicted octanol–water partition coefficient (Wildman–Crippen LogP) is 0.406. The van der Waals surface area contributed by atoms with E-state index in [-0.39, 0.29) is 24.2 Å². The first kappa shape index (κ1) is 27.6. The number of nitrogens with two attached hydrogens (primary N) is 1. The van der Waals surface area contributed by atoms with Gasteiger partial charge in [-0.1, -0.05) is 5.16 Å². The van der Waals surface area contributed by atoms with Gasteiger partial charge in [0.05, 0.1) is 23.2 Å². The fourth-order valence-electron chi connectivity index (χ4n) is 6.20. The van der Waals surface area contributed by atoms with E-state index in [1.54, 1.807) is 27.1 Å². The molecule has 0 aliphatic heterocycles. The number of carbonyl (C=O) groups is 5. The van der Waals surface area contributed by atoms with E-state index in [1.165, 1.54) is 11.0 Å². The summed E-state index contributed by atoms with van der Waals surface area (Å²) in [4.78, 5) is 73.1. The number of aromatic hydroxyl groups is 1. The number of rotatable bonds is 4. The molecule has 2 saturated carbocycles. The van der Waals surface area contributed by atoms with Gasteiger partial charge in [-0.05, 0) is 78.2 Å². The Balaban J connectivity index is 1.84. The SMILES string of the molecule is CC(=NOC(C)(C)C)c1ccc(O)c2c1CC1CC3C(N(C)C)C(=O)C(C(N)=O)C(=O)C3(O)C(=O)C1C2=O. The summed E-state index contributed by atoms with van der Waals surface area (Å²) in [5.74, 6) is -10.8. The van der Waals surface area contributed by atoms with Gasteiger partial charge in [0.25, 0.3) is 0 Å². The molecule has 204 valence electrons. The minimum Gasteiger partial charge on any atom is -0.507 e. The molecule has 1 aromatic rings. The number of amides is 1. The number of hydrogen-bond donors (Lipinski definition) is 3. The summed E-state index contributed by atoms with van der Waals surface area (Å²) in [5, 5.41) is 26.4. The number of aliphatic hydroxyl groups is 1. The number of hydrogen-bond acceptors (Lipinski definition) is 10. The zero-order valence-corrected chi connectivity index (χ0v) is 22.3. The highest BCUT2D eigenvalue weighted by molar-refractivity contribution is 6.32. The molecule has 0 bridgehead atoms. The largest absolute Gasteiger partial charge is 0.507 e. The van der Waals surface area contributed by atoms with Crippen LogP contribution in [0.1, 0.15) is 55.6 Å². The molecule has 6 atom stereocenters. The molecule has 11 nitrogen and oxygen atoms in total. The van der Waals surface area contributed by atoms with Crippen LogP contribution in [0.2, 0.25) is 0 Å². The van der Waals surface area contributed by atoms with Gasteiger partial charge in [-0.3, -0.25) is 28.9 Å². The lowest BCUT2D eigenvalue weighted by Gasteiger charge is -2.52. The van der Waals surface area contributed by atoms with Crippen molar-refractivity contribution in [2.24, 2.45) is 34.6 Å². The summed E-state index contributed by atoms with van der Waals surface area (Å²) >= 11 is 0. The number of ketones is 4. The van der Waals surface area contributed by atoms with Gasteiger partial charge >= 0.3 is 0 Å². The second kappa shape index (κ2) is 9.09. The molecule has 1 amide bonds. The summed E-state index contributed by atoms with van der Waals surface area (Å²) in [7, 11) is 3.08. The van der Waals surface area contributed by atoms with Crippen LogP contribution in [0, 0.1) is 23.7 Å². The monoisotopic (exact) mass is 527 g/mol. The van der Waals surface area contributed by atoms with Crippen molar-refractivity contribution in [3.05, 3.63) is 28.8 Å². The molecule has 11 heteroatoms. The Labute approximate surface area is 220 Å². The molecule has 6 unspecified atom stereocenters. The zero-order valence-electron chi connectivity index (χ0n) is 22.3. The van der Waals surface area contributed by atoms with Crippen LogP contribution in [0.5, 0.6) is 5.75 Å². The van der Waals surface area contributed by atoms with Crippen molar-refractivity contribution in [1.29, 1.82) is 0 Å². The third-order valence-electron chi connectivity index (χ3n) is 7.79.